The van der Waals surface area contributed by atoms with Gasteiger partial charge in [0.05, 0.1) is 16.2 Å². The second kappa shape index (κ2) is 9.39. The minimum atomic E-state index is -0.547. The zero-order valence-electron chi connectivity index (χ0n) is 14.5. The van der Waals surface area contributed by atoms with Crippen LogP contribution in [0.25, 0.3) is 0 Å². The van der Waals surface area contributed by atoms with Crippen molar-refractivity contribution in [2.45, 2.75) is 13.3 Å². The average molecular weight is 386 g/mol. The number of rotatable bonds is 6. The maximum atomic E-state index is 12.2. The summed E-state index contributed by atoms with van der Waals surface area (Å²) in [4.78, 5) is 34.5. The van der Waals surface area contributed by atoms with Crippen LogP contribution in [-0.4, -0.2) is 28.4 Å². The Morgan fingerprint density at radius 2 is 1.74 bits per heavy atom. The molecule has 2 rings (SSSR count). The van der Waals surface area contributed by atoms with E-state index >= 15 is 0 Å². The van der Waals surface area contributed by atoms with Gasteiger partial charge < -0.3 is 10.6 Å². The van der Waals surface area contributed by atoms with Gasteiger partial charge in [0.25, 0.3) is 17.5 Å². The Hall–Kier alpha value is -3.33. The van der Waals surface area contributed by atoms with E-state index in [1.54, 1.807) is 24.3 Å². The third-order valence-electron chi connectivity index (χ3n) is 3.52. The van der Waals surface area contributed by atoms with Gasteiger partial charge in [-0.3, -0.25) is 25.0 Å². The number of carbonyl (C=O) groups is 2. The van der Waals surface area contributed by atoms with Crippen molar-refractivity contribution in [3.8, 4) is 0 Å². The van der Waals surface area contributed by atoms with Crippen molar-refractivity contribution in [3.05, 3.63) is 69.8 Å². The van der Waals surface area contributed by atoms with Crippen LogP contribution in [0.3, 0.4) is 0 Å². The third-order valence-corrected chi connectivity index (χ3v) is 3.73. The van der Waals surface area contributed by atoms with Crippen molar-refractivity contribution in [2.24, 2.45) is 0 Å². The predicted octanol–water partition coefficient (Wildman–Crippen LogP) is 2.86. The summed E-state index contributed by atoms with van der Waals surface area (Å²) in [5, 5.41) is 18.8. The molecule has 140 valence electrons. The molecule has 0 aliphatic rings. The molecule has 0 aliphatic heterocycles. The molecule has 0 unspecified atom stereocenters. The monoisotopic (exact) mass is 386 g/mol. The Kier molecular flexibility index (Phi) is 6.95. The number of nitrogens with one attached hydrogen (secondary N) is 3. The molecule has 0 radical (unpaired) electrons. The van der Waals surface area contributed by atoms with Gasteiger partial charge in [0, 0.05) is 24.2 Å². The number of hydrogen-bond donors (Lipinski definition) is 3. The van der Waals surface area contributed by atoms with Gasteiger partial charge in [0.15, 0.2) is 5.11 Å². The topological polar surface area (TPSA) is 113 Å². The number of nitro benzene ring substituents is 1. The lowest BCUT2D eigenvalue weighted by molar-refractivity contribution is -0.384. The smallest absolute Gasteiger partial charge is 0.269 e. The van der Waals surface area contributed by atoms with E-state index in [9.17, 15) is 19.7 Å². The zero-order chi connectivity index (χ0) is 19.8. The minimum absolute atomic E-state index is 0.00842. The number of nitrogens with zero attached hydrogens (tertiary/aromatic N) is 1. The van der Waals surface area contributed by atoms with Crippen LogP contribution in [0.4, 0.5) is 11.4 Å². The predicted molar refractivity (Wildman–Crippen MR) is 106 cm³/mol. The van der Waals surface area contributed by atoms with Crippen LogP contribution < -0.4 is 16.0 Å². The summed E-state index contributed by atoms with van der Waals surface area (Å²) in [6, 6.07) is 11.9. The maximum Gasteiger partial charge on any atom is 0.269 e. The summed E-state index contributed by atoms with van der Waals surface area (Å²) in [6.45, 7) is 2.50. The van der Waals surface area contributed by atoms with Gasteiger partial charge in [0.1, 0.15) is 0 Å². The summed E-state index contributed by atoms with van der Waals surface area (Å²) >= 11 is 5.13. The summed E-state index contributed by atoms with van der Waals surface area (Å²) in [7, 11) is 0. The molecule has 0 saturated carbocycles. The first-order valence-electron chi connectivity index (χ1n) is 8.16. The number of amides is 2. The van der Waals surface area contributed by atoms with Crippen LogP contribution in [0.15, 0.2) is 48.5 Å². The fourth-order valence-corrected chi connectivity index (χ4v) is 2.39. The third kappa shape index (κ3) is 5.58. The van der Waals surface area contributed by atoms with Crippen molar-refractivity contribution < 1.29 is 14.5 Å². The van der Waals surface area contributed by atoms with E-state index in [2.05, 4.69) is 16.0 Å². The highest BCUT2D eigenvalue weighted by Gasteiger charge is 2.14. The number of benzene rings is 2. The molecule has 9 heteroatoms. The molecule has 2 aromatic carbocycles. The van der Waals surface area contributed by atoms with E-state index in [0.29, 0.717) is 17.8 Å². The Morgan fingerprint density at radius 1 is 1.07 bits per heavy atom. The molecule has 0 bridgehead atoms. The second-order valence-electron chi connectivity index (χ2n) is 5.51. The van der Waals surface area contributed by atoms with Crippen LogP contribution in [0, 0.1) is 10.1 Å². The van der Waals surface area contributed by atoms with Crippen molar-refractivity contribution in [1.82, 2.24) is 10.6 Å². The van der Waals surface area contributed by atoms with Gasteiger partial charge in [-0.2, -0.15) is 0 Å². The van der Waals surface area contributed by atoms with Crippen LogP contribution in [-0.2, 0) is 0 Å². The molecule has 0 saturated heterocycles. The van der Waals surface area contributed by atoms with E-state index in [1.807, 2.05) is 6.92 Å². The summed E-state index contributed by atoms with van der Waals surface area (Å²) in [5.74, 6) is -0.764. The summed E-state index contributed by atoms with van der Waals surface area (Å²) in [5.41, 5.74) is 0.969. The van der Waals surface area contributed by atoms with E-state index in [4.69, 9.17) is 12.2 Å². The quantitative estimate of drug-likeness (QED) is 0.400. The van der Waals surface area contributed by atoms with Crippen LogP contribution in [0.1, 0.15) is 34.1 Å². The van der Waals surface area contributed by atoms with Gasteiger partial charge in [-0.05, 0) is 42.9 Å². The largest absolute Gasteiger partial charge is 0.352 e. The number of anilines is 1. The first-order valence-corrected chi connectivity index (χ1v) is 8.57. The molecule has 8 nitrogen and oxygen atoms in total. The molecule has 0 heterocycles. The van der Waals surface area contributed by atoms with E-state index in [-0.39, 0.29) is 22.3 Å². The summed E-state index contributed by atoms with van der Waals surface area (Å²) < 4.78 is 0. The SMILES string of the molecule is CCCNC(=O)c1ccccc1NC(=S)NC(=O)c1ccc([N+](=O)[O-])cc1. The average Bonchev–Trinajstić information content (AvgIpc) is 2.66. The molecule has 27 heavy (non-hydrogen) atoms. The van der Waals surface area contributed by atoms with Crippen LogP contribution >= 0.6 is 12.2 Å². The Morgan fingerprint density at radius 3 is 2.37 bits per heavy atom. The number of thiocarbonyl (C=S) groups is 1. The Labute approximate surface area is 161 Å². The number of carbonyl (C=O) groups excluding carboxylic acids is 2. The van der Waals surface area contributed by atoms with Crippen molar-refractivity contribution in [2.75, 3.05) is 11.9 Å². The number of non-ortho nitro benzene ring substituents is 1. The maximum absolute atomic E-state index is 12.2. The van der Waals surface area contributed by atoms with Gasteiger partial charge in [-0.15, -0.1) is 0 Å². The molecular weight excluding hydrogens is 368 g/mol. The van der Waals surface area contributed by atoms with E-state index in [1.165, 1.54) is 24.3 Å². The number of nitro groups is 1. The number of hydrogen-bond acceptors (Lipinski definition) is 5. The molecule has 0 aliphatic carbocycles. The van der Waals surface area contributed by atoms with E-state index < -0.39 is 10.8 Å². The fourth-order valence-electron chi connectivity index (χ4n) is 2.19. The molecule has 2 amide bonds. The molecule has 2 aromatic rings. The second-order valence-corrected chi connectivity index (χ2v) is 5.92. The molecule has 3 N–H and O–H groups in total. The fraction of sp³-hybridized carbons (Fsp3) is 0.167. The minimum Gasteiger partial charge on any atom is -0.352 e. The highest BCUT2D eigenvalue weighted by atomic mass is 32.1. The van der Waals surface area contributed by atoms with Crippen molar-refractivity contribution in [3.63, 3.8) is 0 Å². The van der Waals surface area contributed by atoms with Gasteiger partial charge in [-0.1, -0.05) is 19.1 Å². The van der Waals surface area contributed by atoms with Crippen molar-refractivity contribution in [1.29, 1.82) is 0 Å². The lowest BCUT2D eigenvalue weighted by Crippen LogP contribution is -2.35. The highest BCUT2D eigenvalue weighted by molar-refractivity contribution is 7.80. The van der Waals surface area contributed by atoms with Gasteiger partial charge in [-0.25, -0.2) is 0 Å². The first-order chi connectivity index (χ1) is 12.9. The summed E-state index contributed by atoms with van der Waals surface area (Å²) in [6.07, 6.45) is 0.811. The van der Waals surface area contributed by atoms with Gasteiger partial charge >= 0.3 is 0 Å². The van der Waals surface area contributed by atoms with Crippen LogP contribution in [0.5, 0.6) is 0 Å². The van der Waals surface area contributed by atoms with Gasteiger partial charge in [0.2, 0.25) is 0 Å². The normalized spacial score (nSPS) is 9.96. The van der Waals surface area contributed by atoms with Crippen LogP contribution in [0.2, 0.25) is 0 Å². The van der Waals surface area contributed by atoms with Crippen molar-refractivity contribution >= 4 is 40.5 Å². The lowest BCUT2D eigenvalue weighted by Gasteiger charge is -2.13. The molecule has 0 atom stereocenters. The Balaban J connectivity index is 2.04. The molecule has 0 spiro atoms. The standard InChI is InChI=1S/C18H18N4O4S/c1-2-11-19-17(24)14-5-3-4-6-15(14)20-18(27)21-16(23)12-7-9-13(10-8-12)22(25)26/h3-10H,2,11H2,1H3,(H,19,24)(H2,20,21,23,27). The lowest BCUT2D eigenvalue weighted by atomic mass is 10.1. The molecule has 0 aromatic heterocycles. The highest BCUT2D eigenvalue weighted by Crippen LogP contribution is 2.15. The zero-order valence-corrected chi connectivity index (χ0v) is 15.3. The van der Waals surface area contributed by atoms with E-state index in [0.717, 1.165) is 6.42 Å². The molecule has 0 fully saturated rings. The molecular formula is C18H18N4O4S. The Bertz CT molecular complexity index is 868. The first kappa shape index (κ1) is 20.0. The number of para-hydroxylation sites is 1.